The summed E-state index contributed by atoms with van der Waals surface area (Å²) in [7, 11) is 0. The number of amides is 1. The number of piperazine rings is 1. The van der Waals surface area contributed by atoms with Crippen LogP contribution in [0.25, 0.3) is 0 Å². The first kappa shape index (κ1) is 17.9. The molecule has 0 aliphatic carbocycles. The van der Waals surface area contributed by atoms with Crippen LogP contribution in [0.5, 0.6) is 0 Å². The Morgan fingerprint density at radius 3 is 2.23 bits per heavy atom. The number of hydrogen-bond acceptors (Lipinski definition) is 6. The number of aliphatic hydroxyl groups excluding tert-OH is 3. The number of carbonyl (C=O) groups is 1. The zero-order valence-electron chi connectivity index (χ0n) is 12.8. The topological polar surface area (TPSA) is 87.5 Å². The summed E-state index contributed by atoms with van der Waals surface area (Å²) in [6, 6.07) is 0. The zero-order chi connectivity index (χ0) is 16.1. The Bertz CT molecular complexity index is 358. The average Bonchev–Trinajstić information content (AvgIpc) is 2.55. The van der Waals surface area contributed by atoms with Gasteiger partial charge in [0.05, 0.1) is 6.10 Å². The van der Waals surface area contributed by atoms with Gasteiger partial charge in [0.1, 0.15) is 18.2 Å². The molecular formula is C14H26ClN3O4. The molecule has 128 valence electrons. The number of hydrogen-bond donors (Lipinski definition) is 3. The molecule has 0 aromatic rings. The molecule has 2 atom stereocenters. The molecule has 0 bridgehead atoms. The molecule has 7 nitrogen and oxygen atoms in total. The van der Waals surface area contributed by atoms with E-state index in [4.69, 9.17) is 11.6 Å². The second kappa shape index (κ2) is 8.42. The van der Waals surface area contributed by atoms with Gasteiger partial charge in [0.15, 0.2) is 0 Å². The minimum atomic E-state index is -0.930. The van der Waals surface area contributed by atoms with Crippen LogP contribution in [0.15, 0.2) is 0 Å². The fourth-order valence-corrected chi connectivity index (χ4v) is 3.19. The number of piperidine rings is 1. The van der Waals surface area contributed by atoms with Crippen molar-refractivity contribution >= 4 is 17.5 Å². The zero-order valence-corrected chi connectivity index (χ0v) is 13.5. The molecule has 22 heavy (non-hydrogen) atoms. The van der Waals surface area contributed by atoms with Gasteiger partial charge in [-0.05, 0) is 12.8 Å². The quantitative estimate of drug-likeness (QED) is 0.530. The standard InChI is InChI=1S/C14H26ClN3O4/c15-9-13(21)17-5-7-18(8-6-17)14(22)12(20)10-16-3-1-11(19)2-4-16/h11-12,14,19-20,22H,1-10H2. The Morgan fingerprint density at radius 1 is 1.09 bits per heavy atom. The Morgan fingerprint density at radius 2 is 1.68 bits per heavy atom. The Hall–Kier alpha value is -0.440. The fraction of sp³-hybridized carbons (Fsp3) is 0.929. The van der Waals surface area contributed by atoms with E-state index in [1.807, 2.05) is 0 Å². The average molecular weight is 336 g/mol. The van der Waals surface area contributed by atoms with Gasteiger partial charge >= 0.3 is 0 Å². The first-order valence-electron chi connectivity index (χ1n) is 7.85. The Balaban J connectivity index is 1.74. The summed E-state index contributed by atoms with van der Waals surface area (Å²) in [6.07, 6.45) is -0.610. The van der Waals surface area contributed by atoms with Crippen molar-refractivity contribution in [3.05, 3.63) is 0 Å². The third-order valence-corrected chi connectivity index (χ3v) is 4.73. The van der Waals surface area contributed by atoms with E-state index in [1.54, 1.807) is 9.80 Å². The van der Waals surface area contributed by atoms with Gasteiger partial charge in [-0.25, -0.2) is 0 Å². The normalized spacial score (nSPS) is 25.2. The van der Waals surface area contributed by atoms with E-state index in [2.05, 4.69) is 4.90 Å². The predicted molar refractivity (Wildman–Crippen MR) is 82.6 cm³/mol. The summed E-state index contributed by atoms with van der Waals surface area (Å²) in [5.41, 5.74) is 0. The molecule has 2 unspecified atom stereocenters. The highest BCUT2D eigenvalue weighted by atomic mass is 35.5. The van der Waals surface area contributed by atoms with Crippen LogP contribution >= 0.6 is 11.6 Å². The molecule has 3 N–H and O–H groups in total. The number of aliphatic hydroxyl groups is 3. The van der Waals surface area contributed by atoms with Gasteiger partial charge in [-0.15, -0.1) is 11.6 Å². The van der Waals surface area contributed by atoms with Gasteiger partial charge in [-0.2, -0.15) is 0 Å². The lowest BCUT2D eigenvalue weighted by Gasteiger charge is -2.40. The van der Waals surface area contributed by atoms with E-state index in [9.17, 15) is 20.1 Å². The van der Waals surface area contributed by atoms with Crippen molar-refractivity contribution in [1.82, 2.24) is 14.7 Å². The summed E-state index contributed by atoms with van der Waals surface area (Å²) < 4.78 is 0. The summed E-state index contributed by atoms with van der Waals surface area (Å²) in [4.78, 5) is 17.0. The maximum Gasteiger partial charge on any atom is 0.237 e. The smallest absolute Gasteiger partial charge is 0.237 e. The number of rotatable bonds is 5. The molecule has 2 aliphatic heterocycles. The van der Waals surface area contributed by atoms with Crippen LogP contribution < -0.4 is 0 Å². The monoisotopic (exact) mass is 335 g/mol. The summed E-state index contributed by atoms with van der Waals surface area (Å²) in [6.45, 7) is 3.97. The molecule has 2 saturated heterocycles. The van der Waals surface area contributed by atoms with Crippen molar-refractivity contribution in [2.75, 3.05) is 51.7 Å². The molecule has 2 aliphatic rings. The number of nitrogens with zero attached hydrogens (tertiary/aromatic N) is 3. The van der Waals surface area contributed by atoms with E-state index < -0.39 is 12.3 Å². The highest BCUT2D eigenvalue weighted by Crippen LogP contribution is 2.13. The molecule has 0 aromatic heterocycles. The van der Waals surface area contributed by atoms with Crippen molar-refractivity contribution in [1.29, 1.82) is 0 Å². The lowest BCUT2D eigenvalue weighted by molar-refractivity contribution is -0.136. The van der Waals surface area contributed by atoms with Gasteiger partial charge < -0.3 is 25.1 Å². The van der Waals surface area contributed by atoms with E-state index in [-0.39, 0.29) is 17.9 Å². The molecule has 2 heterocycles. The van der Waals surface area contributed by atoms with Crippen molar-refractivity contribution < 1.29 is 20.1 Å². The van der Waals surface area contributed by atoms with E-state index in [1.165, 1.54) is 0 Å². The third kappa shape index (κ3) is 4.78. The van der Waals surface area contributed by atoms with E-state index in [0.717, 1.165) is 13.1 Å². The van der Waals surface area contributed by atoms with Crippen LogP contribution in [-0.4, -0.2) is 106 Å². The maximum atomic E-state index is 11.5. The summed E-state index contributed by atoms with van der Waals surface area (Å²) in [5.74, 6) is -0.116. The molecule has 1 amide bonds. The summed E-state index contributed by atoms with van der Waals surface area (Å²) in [5, 5.41) is 30.0. The number of carbonyl (C=O) groups excluding carboxylic acids is 1. The second-order valence-electron chi connectivity index (χ2n) is 6.06. The van der Waals surface area contributed by atoms with Crippen LogP contribution in [0.2, 0.25) is 0 Å². The number of alkyl halides is 1. The molecule has 0 aromatic carbocycles. The van der Waals surface area contributed by atoms with Crippen LogP contribution in [0.4, 0.5) is 0 Å². The molecule has 0 radical (unpaired) electrons. The Kier molecular flexibility index (Phi) is 6.86. The fourth-order valence-electron chi connectivity index (χ4n) is 3.02. The van der Waals surface area contributed by atoms with Gasteiger partial charge in [0, 0.05) is 45.8 Å². The maximum absolute atomic E-state index is 11.5. The SMILES string of the molecule is O=C(CCl)N1CCN(C(O)C(O)CN2CCC(O)CC2)CC1. The molecule has 0 saturated carbocycles. The Labute approximate surface area is 136 Å². The number of β-amino-alcohol motifs (C(OH)–C–C–N with tert-alkyl or cyclic N) is 1. The predicted octanol–water partition coefficient (Wildman–Crippen LogP) is -1.49. The number of halogens is 1. The van der Waals surface area contributed by atoms with Crippen LogP contribution in [0.3, 0.4) is 0 Å². The van der Waals surface area contributed by atoms with Crippen LogP contribution in [-0.2, 0) is 4.79 Å². The van der Waals surface area contributed by atoms with Gasteiger partial charge in [-0.3, -0.25) is 9.69 Å². The van der Waals surface area contributed by atoms with Crippen molar-refractivity contribution in [3.63, 3.8) is 0 Å². The lowest BCUT2D eigenvalue weighted by atomic mass is 10.1. The van der Waals surface area contributed by atoms with Gasteiger partial charge in [0.2, 0.25) is 5.91 Å². The highest BCUT2D eigenvalue weighted by molar-refractivity contribution is 6.27. The first-order chi connectivity index (χ1) is 10.5. The van der Waals surface area contributed by atoms with Gasteiger partial charge in [-0.1, -0.05) is 0 Å². The minimum absolute atomic E-state index is 0.0218. The first-order valence-corrected chi connectivity index (χ1v) is 8.39. The van der Waals surface area contributed by atoms with Crippen molar-refractivity contribution in [3.8, 4) is 0 Å². The van der Waals surface area contributed by atoms with Crippen molar-refractivity contribution in [2.24, 2.45) is 0 Å². The molecular weight excluding hydrogens is 310 g/mol. The highest BCUT2D eigenvalue weighted by Gasteiger charge is 2.30. The van der Waals surface area contributed by atoms with Crippen LogP contribution in [0.1, 0.15) is 12.8 Å². The molecule has 0 spiro atoms. The third-order valence-electron chi connectivity index (χ3n) is 4.50. The van der Waals surface area contributed by atoms with Crippen LogP contribution in [0, 0.1) is 0 Å². The molecule has 2 fully saturated rings. The molecule has 8 heteroatoms. The number of likely N-dealkylation sites (tertiary alicyclic amines) is 1. The lowest BCUT2D eigenvalue weighted by Crippen LogP contribution is -2.57. The van der Waals surface area contributed by atoms with Gasteiger partial charge in [0.25, 0.3) is 0 Å². The second-order valence-corrected chi connectivity index (χ2v) is 6.33. The summed E-state index contributed by atoms with van der Waals surface area (Å²) >= 11 is 5.54. The largest absolute Gasteiger partial charge is 0.393 e. The van der Waals surface area contributed by atoms with E-state index in [0.29, 0.717) is 45.6 Å². The van der Waals surface area contributed by atoms with Crippen molar-refractivity contribution in [2.45, 2.75) is 31.3 Å². The van der Waals surface area contributed by atoms with E-state index >= 15 is 0 Å². The minimum Gasteiger partial charge on any atom is -0.393 e. The molecule has 2 rings (SSSR count).